The third-order valence-electron chi connectivity index (χ3n) is 1.45. The molecule has 0 unspecified atom stereocenters. The zero-order chi connectivity index (χ0) is 11.6. The Hall–Kier alpha value is -1.24. The molecular weight excluding hydrogens is 279 g/mol. The van der Waals surface area contributed by atoms with Gasteiger partial charge in [0.25, 0.3) is 5.91 Å². The lowest BCUT2D eigenvalue weighted by atomic mass is 10.2. The molecule has 15 heavy (non-hydrogen) atoms. The van der Waals surface area contributed by atoms with Gasteiger partial charge in [-0.15, -0.1) is 13.2 Å². The Labute approximate surface area is 91.1 Å². The van der Waals surface area contributed by atoms with E-state index in [0.717, 1.165) is 6.07 Å². The van der Waals surface area contributed by atoms with Crippen molar-refractivity contribution in [3.8, 4) is 5.75 Å². The van der Waals surface area contributed by atoms with Crippen LogP contribution in [0.3, 0.4) is 0 Å². The number of hydrogen-bond donors (Lipinski definition) is 1. The van der Waals surface area contributed by atoms with Crippen molar-refractivity contribution in [3.05, 3.63) is 28.2 Å². The number of rotatable bonds is 2. The first kappa shape index (κ1) is 11.8. The second-order valence-corrected chi connectivity index (χ2v) is 3.38. The molecular formula is C8H5BrF3NO2. The van der Waals surface area contributed by atoms with Crippen molar-refractivity contribution in [1.29, 1.82) is 0 Å². The molecule has 0 saturated heterocycles. The van der Waals surface area contributed by atoms with Gasteiger partial charge in [-0.25, -0.2) is 0 Å². The van der Waals surface area contributed by atoms with Crippen LogP contribution in [-0.2, 0) is 0 Å². The van der Waals surface area contributed by atoms with E-state index in [2.05, 4.69) is 20.7 Å². The van der Waals surface area contributed by atoms with Gasteiger partial charge in [0.05, 0.1) is 5.56 Å². The Balaban J connectivity index is 3.18. The largest absolute Gasteiger partial charge is 0.573 e. The molecule has 0 spiro atoms. The van der Waals surface area contributed by atoms with Crippen LogP contribution in [0.15, 0.2) is 22.7 Å². The van der Waals surface area contributed by atoms with Crippen LogP contribution in [0.1, 0.15) is 10.4 Å². The Morgan fingerprint density at radius 3 is 2.47 bits per heavy atom. The highest BCUT2D eigenvalue weighted by Gasteiger charge is 2.33. The predicted octanol–water partition coefficient (Wildman–Crippen LogP) is 2.45. The van der Waals surface area contributed by atoms with Gasteiger partial charge < -0.3 is 10.5 Å². The van der Waals surface area contributed by atoms with Gasteiger partial charge >= 0.3 is 6.36 Å². The molecule has 2 N–H and O–H groups in total. The fourth-order valence-electron chi connectivity index (χ4n) is 0.953. The van der Waals surface area contributed by atoms with Gasteiger partial charge in [-0.1, -0.05) is 6.07 Å². The highest BCUT2D eigenvalue weighted by molar-refractivity contribution is 9.10. The molecule has 0 heterocycles. The Kier molecular flexibility index (Phi) is 3.23. The van der Waals surface area contributed by atoms with Crippen LogP contribution >= 0.6 is 15.9 Å². The van der Waals surface area contributed by atoms with Crippen LogP contribution in [-0.4, -0.2) is 12.3 Å². The maximum atomic E-state index is 11.9. The summed E-state index contributed by atoms with van der Waals surface area (Å²) in [4.78, 5) is 10.9. The molecule has 1 rings (SSSR count). The Morgan fingerprint density at radius 2 is 2.00 bits per heavy atom. The summed E-state index contributed by atoms with van der Waals surface area (Å²) < 4.78 is 39.6. The van der Waals surface area contributed by atoms with Crippen LogP contribution in [0.25, 0.3) is 0 Å². The van der Waals surface area contributed by atoms with Crippen molar-refractivity contribution >= 4 is 21.8 Å². The summed E-state index contributed by atoms with van der Waals surface area (Å²) >= 11 is 2.91. The number of halogens is 4. The summed E-state index contributed by atoms with van der Waals surface area (Å²) in [6.45, 7) is 0. The van der Waals surface area contributed by atoms with Crippen LogP contribution in [0.2, 0.25) is 0 Å². The third-order valence-corrected chi connectivity index (χ3v) is 2.11. The Morgan fingerprint density at radius 1 is 1.40 bits per heavy atom. The molecule has 3 nitrogen and oxygen atoms in total. The van der Waals surface area contributed by atoms with Crippen molar-refractivity contribution in [1.82, 2.24) is 0 Å². The number of nitrogens with two attached hydrogens (primary N) is 1. The predicted molar refractivity (Wildman–Crippen MR) is 49.3 cm³/mol. The highest BCUT2D eigenvalue weighted by atomic mass is 79.9. The second-order valence-electron chi connectivity index (χ2n) is 2.53. The molecule has 1 aromatic rings. The van der Waals surface area contributed by atoms with Crippen molar-refractivity contribution in [2.24, 2.45) is 5.73 Å². The van der Waals surface area contributed by atoms with Crippen molar-refractivity contribution in [2.45, 2.75) is 6.36 Å². The summed E-state index contributed by atoms with van der Waals surface area (Å²) in [5, 5.41) is 0. The molecule has 0 aliphatic carbocycles. The standard InChI is InChI=1S/C8H5BrF3NO2/c9-4-2-1-3-5(6(4)7(13)14)15-8(10,11)12/h1-3H,(H2,13,14). The average molecular weight is 284 g/mol. The number of hydrogen-bond acceptors (Lipinski definition) is 2. The number of carbonyl (C=O) groups excluding carboxylic acids is 1. The number of amides is 1. The van der Waals surface area contributed by atoms with Crippen molar-refractivity contribution in [2.75, 3.05) is 0 Å². The quantitative estimate of drug-likeness (QED) is 0.906. The lowest BCUT2D eigenvalue weighted by molar-refractivity contribution is -0.274. The van der Waals surface area contributed by atoms with Gasteiger partial charge in [-0.2, -0.15) is 0 Å². The Bertz CT molecular complexity index is 392. The van der Waals surface area contributed by atoms with E-state index in [1.165, 1.54) is 12.1 Å². The molecule has 0 saturated carbocycles. The van der Waals surface area contributed by atoms with E-state index in [-0.39, 0.29) is 10.0 Å². The smallest absolute Gasteiger partial charge is 0.405 e. The maximum absolute atomic E-state index is 11.9. The van der Waals surface area contributed by atoms with E-state index >= 15 is 0 Å². The van der Waals surface area contributed by atoms with E-state index < -0.39 is 18.0 Å². The van der Waals surface area contributed by atoms with E-state index in [1.54, 1.807) is 0 Å². The van der Waals surface area contributed by atoms with Gasteiger partial charge in [-0.3, -0.25) is 4.79 Å². The van der Waals surface area contributed by atoms with E-state index in [0.29, 0.717) is 0 Å². The first-order valence-electron chi connectivity index (χ1n) is 3.65. The maximum Gasteiger partial charge on any atom is 0.573 e. The zero-order valence-electron chi connectivity index (χ0n) is 7.14. The minimum absolute atomic E-state index is 0.150. The van der Waals surface area contributed by atoms with Crippen LogP contribution < -0.4 is 10.5 Å². The van der Waals surface area contributed by atoms with Crippen LogP contribution in [0.4, 0.5) is 13.2 Å². The number of ether oxygens (including phenoxy) is 1. The SMILES string of the molecule is NC(=O)c1c(Br)cccc1OC(F)(F)F. The molecule has 7 heteroatoms. The van der Waals surface area contributed by atoms with E-state index in [1.807, 2.05) is 0 Å². The molecule has 0 aliphatic rings. The molecule has 82 valence electrons. The lowest BCUT2D eigenvalue weighted by Crippen LogP contribution is -2.21. The van der Waals surface area contributed by atoms with Crippen molar-refractivity contribution < 1.29 is 22.7 Å². The molecule has 0 fully saturated rings. The molecule has 0 bridgehead atoms. The first-order chi connectivity index (χ1) is 6.81. The molecule has 0 aromatic heterocycles. The van der Waals surface area contributed by atoms with E-state index in [9.17, 15) is 18.0 Å². The minimum atomic E-state index is -4.86. The van der Waals surface area contributed by atoms with E-state index in [4.69, 9.17) is 5.73 Å². The van der Waals surface area contributed by atoms with Crippen molar-refractivity contribution in [3.63, 3.8) is 0 Å². The molecule has 1 amide bonds. The lowest BCUT2D eigenvalue weighted by Gasteiger charge is -2.12. The van der Waals surface area contributed by atoms with Crippen LogP contribution in [0, 0.1) is 0 Å². The van der Waals surface area contributed by atoms with Crippen LogP contribution in [0.5, 0.6) is 5.75 Å². The summed E-state index contributed by atoms with van der Waals surface area (Å²) in [5.74, 6) is -1.62. The van der Waals surface area contributed by atoms with Gasteiger partial charge in [0.15, 0.2) is 0 Å². The number of benzene rings is 1. The second kappa shape index (κ2) is 4.09. The monoisotopic (exact) mass is 283 g/mol. The summed E-state index contributed by atoms with van der Waals surface area (Å²) in [6, 6.07) is 3.71. The highest BCUT2D eigenvalue weighted by Crippen LogP contribution is 2.30. The van der Waals surface area contributed by atoms with Gasteiger partial charge in [-0.05, 0) is 28.1 Å². The fourth-order valence-corrected chi connectivity index (χ4v) is 1.50. The third kappa shape index (κ3) is 3.12. The molecule has 0 aliphatic heterocycles. The number of alkyl halides is 3. The van der Waals surface area contributed by atoms with Gasteiger partial charge in [0, 0.05) is 4.47 Å². The normalized spacial score (nSPS) is 11.2. The molecule has 0 radical (unpaired) electrons. The molecule has 1 aromatic carbocycles. The first-order valence-corrected chi connectivity index (χ1v) is 4.44. The topological polar surface area (TPSA) is 52.3 Å². The molecule has 0 atom stereocenters. The summed E-state index contributed by atoms with van der Waals surface area (Å²) in [5.41, 5.74) is 4.58. The zero-order valence-corrected chi connectivity index (χ0v) is 8.72. The summed E-state index contributed by atoms with van der Waals surface area (Å²) in [7, 11) is 0. The summed E-state index contributed by atoms with van der Waals surface area (Å²) in [6.07, 6.45) is -4.86. The number of primary amides is 1. The van der Waals surface area contributed by atoms with Gasteiger partial charge in [0.1, 0.15) is 5.75 Å². The number of carbonyl (C=O) groups is 1. The fraction of sp³-hybridized carbons (Fsp3) is 0.125. The van der Waals surface area contributed by atoms with Gasteiger partial charge in [0.2, 0.25) is 0 Å². The minimum Gasteiger partial charge on any atom is -0.405 e. The average Bonchev–Trinajstić information content (AvgIpc) is 1.99.